The Hall–Kier alpha value is -1.81. The number of rotatable bonds is 6. The molecule has 0 amide bonds. The average molecular weight is 274 g/mol. The third-order valence-electron chi connectivity index (χ3n) is 3.40. The summed E-state index contributed by atoms with van der Waals surface area (Å²) >= 11 is 0. The Morgan fingerprint density at radius 2 is 2.05 bits per heavy atom. The van der Waals surface area contributed by atoms with Gasteiger partial charge in [0.25, 0.3) is 5.56 Å². The number of aromatic nitrogens is 1. The van der Waals surface area contributed by atoms with Crippen LogP contribution in [0.3, 0.4) is 0 Å². The molecular weight excluding hydrogens is 252 g/mol. The molecule has 0 aliphatic heterocycles. The second kappa shape index (κ2) is 6.57. The Morgan fingerprint density at radius 1 is 1.30 bits per heavy atom. The molecule has 0 radical (unpaired) electrons. The van der Waals surface area contributed by atoms with E-state index in [1.807, 2.05) is 37.3 Å². The van der Waals surface area contributed by atoms with Crippen LogP contribution in [0.25, 0.3) is 10.8 Å². The quantitative estimate of drug-likeness (QED) is 0.851. The predicted octanol–water partition coefficient (Wildman–Crippen LogP) is 3.00. The minimum Gasteiger partial charge on any atom is -0.380 e. The second-order valence-electron chi connectivity index (χ2n) is 5.25. The van der Waals surface area contributed by atoms with Crippen LogP contribution in [0.1, 0.15) is 20.8 Å². The number of ether oxygens (including phenoxy) is 1. The average Bonchev–Trinajstić information content (AvgIpc) is 2.43. The van der Waals surface area contributed by atoms with Gasteiger partial charge in [0.1, 0.15) is 5.82 Å². The van der Waals surface area contributed by atoms with Gasteiger partial charge in [-0.15, -0.1) is 0 Å². The lowest BCUT2D eigenvalue weighted by atomic mass is 10.1. The van der Waals surface area contributed by atoms with E-state index < -0.39 is 0 Å². The summed E-state index contributed by atoms with van der Waals surface area (Å²) < 4.78 is 5.49. The number of hydrogen-bond donors (Lipinski definition) is 2. The van der Waals surface area contributed by atoms with Crippen molar-refractivity contribution in [1.29, 1.82) is 0 Å². The lowest BCUT2D eigenvalue weighted by Crippen LogP contribution is -2.32. The van der Waals surface area contributed by atoms with Crippen LogP contribution >= 0.6 is 0 Å². The van der Waals surface area contributed by atoms with Gasteiger partial charge in [-0.05, 0) is 30.4 Å². The monoisotopic (exact) mass is 274 g/mol. The smallest absolute Gasteiger partial charge is 0.257 e. The van der Waals surface area contributed by atoms with Crippen molar-refractivity contribution >= 4 is 16.6 Å². The molecule has 1 atom stereocenters. The zero-order chi connectivity index (χ0) is 14.5. The van der Waals surface area contributed by atoms with E-state index in [0.717, 1.165) is 11.2 Å². The normalized spacial score (nSPS) is 12.8. The topological polar surface area (TPSA) is 54.1 Å². The molecule has 2 aromatic rings. The van der Waals surface area contributed by atoms with E-state index in [2.05, 4.69) is 24.1 Å². The van der Waals surface area contributed by atoms with Crippen molar-refractivity contribution in [3.05, 3.63) is 40.7 Å². The van der Waals surface area contributed by atoms with Crippen LogP contribution in [0, 0.1) is 5.92 Å². The molecule has 0 aliphatic carbocycles. The van der Waals surface area contributed by atoms with Crippen LogP contribution in [-0.4, -0.2) is 24.2 Å². The summed E-state index contributed by atoms with van der Waals surface area (Å²) in [6.07, 6.45) is 0. The fraction of sp³-hybridized carbons (Fsp3) is 0.438. The molecular formula is C16H22N2O2. The van der Waals surface area contributed by atoms with Gasteiger partial charge in [0.15, 0.2) is 0 Å². The molecule has 20 heavy (non-hydrogen) atoms. The number of fused-ring (bicyclic) bond motifs is 1. The predicted molar refractivity (Wildman–Crippen MR) is 83.3 cm³/mol. The van der Waals surface area contributed by atoms with Crippen LogP contribution in [-0.2, 0) is 4.74 Å². The Kier molecular flexibility index (Phi) is 4.79. The summed E-state index contributed by atoms with van der Waals surface area (Å²) in [6.45, 7) is 7.57. The molecule has 0 bridgehead atoms. The minimum atomic E-state index is -0.0653. The zero-order valence-corrected chi connectivity index (χ0v) is 12.3. The second-order valence-corrected chi connectivity index (χ2v) is 5.25. The van der Waals surface area contributed by atoms with Crippen LogP contribution in [0.15, 0.2) is 35.1 Å². The van der Waals surface area contributed by atoms with Crippen LogP contribution < -0.4 is 10.9 Å². The molecule has 0 fully saturated rings. The highest BCUT2D eigenvalue weighted by Crippen LogP contribution is 2.15. The standard InChI is InChI=1S/C16H22N2O2/c1-4-20-10-14(11(2)3)17-15-9-12-7-5-6-8-13(12)16(19)18-15/h5-9,11,14H,4,10H2,1-3H3,(H2,17,18,19). The molecule has 1 heterocycles. The van der Waals surface area contributed by atoms with E-state index in [1.54, 1.807) is 0 Å². The van der Waals surface area contributed by atoms with Gasteiger partial charge in [-0.25, -0.2) is 0 Å². The van der Waals surface area contributed by atoms with Crippen molar-refractivity contribution in [2.24, 2.45) is 5.92 Å². The van der Waals surface area contributed by atoms with Crippen molar-refractivity contribution in [2.45, 2.75) is 26.8 Å². The van der Waals surface area contributed by atoms with Crippen molar-refractivity contribution in [3.8, 4) is 0 Å². The first-order valence-electron chi connectivity index (χ1n) is 7.08. The molecule has 2 N–H and O–H groups in total. The zero-order valence-electron chi connectivity index (χ0n) is 12.3. The summed E-state index contributed by atoms with van der Waals surface area (Å²) in [6, 6.07) is 9.73. The van der Waals surface area contributed by atoms with Gasteiger partial charge < -0.3 is 15.0 Å². The Bertz CT molecular complexity index is 619. The fourth-order valence-corrected chi connectivity index (χ4v) is 2.13. The van der Waals surface area contributed by atoms with Gasteiger partial charge in [-0.2, -0.15) is 0 Å². The van der Waals surface area contributed by atoms with Crippen LogP contribution in [0.5, 0.6) is 0 Å². The van der Waals surface area contributed by atoms with Gasteiger partial charge >= 0.3 is 0 Å². The van der Waals surface area contributed by atoms with Gasteiger partial charge in [0, 0.05) is 12.0 Å². The summed E-state index contributed by atoms with van der Waals surface area (Å²) in [7, 11) is 0. The van der Waals surface area contributed by atoms with Gasteiger partial charge in [0.05, 0.1) is 12.6 Å². The molecule has 0 aliphatic rings. The summed E-state index contributed by atoms with van der Waals surface area (Å²) in [5.41, 5.74) is -0.0653. The molecule has 1 aromatic carbocycles. The highest BCUT2D eigenvalue weighted by atomic mass is 16.5. The lowest BCUT2D eigenvalue weighted by molar-refractivity contribution is 0.126. The SMILES string of the molecule is CCOCC(Nc1cc2ccccc2c(=O)[nH]1)C(C)C. The molecule has 108 valence electrons. The Morgan fingerprint density at radius 3 is 2.75 bits per heavy atom. The van der Waals surface area contributed by atoms with Crippen molar-refractivity contribution in [1.82, 2.24) is 4.98 Å². The Labute approximate surface area is 119 Å². The molecule has 1 unspecified atom stereocenters. The molecule has 0 saturated heterocycles. The molecule has 4 heteroatoms. The largest absolute Gasteiger partial charge is 0.380 e. The Balaban J connectivity index is 2.26. The maximum Gasteiger partial charge on any atom is 0.257 e. The molecule has 2 rings (SSSR count). The summed E-state index contributed by atoms with van der Waals surface area (Å²) in [5, 5.41) is 5.02. The molecule has 0 saturated carbocycles. The molecule has 0 spiro atoms. The van der Waals surface area contributed by atoms with Crippen molar-refractivity contribution in [2.75, 3.05) is 18.5 Å². The number of pyridine rings is 1. The van der Waals surface area contributed by atoms with Crippen LogP contribution in [0.2, 0.25) is 0 Å². The van der Waals surface area contributed by atoms with E-state index in [1.165, 1.54) is 0 Å². The van der Waals surface area contributed by atoms with Crippen molar-refractivity contribution in [3.63, 3.8) is 0 Å². The number of hydrogen-bond acceptors (Lipinski definition) is 3. The van der Waals surface area contributed by atoms with E-state index >= 15 is 0 Å². The maximum absolute atomic E-state index is 12.0. The van der Waals surface area contributed by atoms with E-state index in [9.17, 15) is 4.79 Å². The summed E-state index contributed by atoms with van der Waals surface area (Å²) in [4.78, 5) is 14.9. The van der Waals surface area contributed by atoms with E-state index in [-0.39, 0.29) is 11.6 Å². The van der Waals surface area contributed by atoms with E-state index in [4.69, 9.17) is 4.74 Å². The number of benzene rings is 1. The van der Waals surface area contributed by atoms with Crippen LogP contribution in [0.4, 0.5) is 5.82 Å². The highest BCUT2D eigenvalue weighted by molar-refractivity contribution is 5.83. The number of anilines is 1. The molecule has 1 aromatic heterocycles. The minimum absolute atomic E-state index is 0.0653. The molecule has 4 nitrogen and oxygen atoms in total. The lowest BCUT2D eigenvalue weighted by Gasteiger charge is -2.23. The maximum atomic E-state index is 12.0. The van der Waals surface area contributed by atoms with Gasteiger partial charge in [-0.3, -0.25) is 4.79 Å². The number of H-pyrrole nitrogens is 1. The van der Waals surface area contributed by atoms with E-state index in [0.29, 0.717) is 24.5 Å². The number of nitrogens with one attached hydrogen (secondary N) is 2. The third kappa shape index (κ3) is 3.39. The first-order chi connectivity index (χ1) is 9.61. The van der Waals surface area contributed by atoms with Gasteiger partial charge in [-0.1, -0.05) is 32.0 Å². The highest BCUT2D eigenvalue weighted by Gasteiger charge is 2.14. The first kappa shape index (κ1) is 14.6. The fourth-order valence-electron chi connectivity index (χ4n) is 2.13. The number of aromatic amines is 1. The van der Waals surface area contributed by atoms with Crippen molar-refractivity contribution < 1.29 is 4.74 Å². The summed E-state index contributed by atoms with van der Waals surface area (Å²) in [5.74, 6) is 1.16. The third-order valence-corrected chi connectivity index (χ3v) is 3.40. The van der Waals surface area contributed by atoms with Gasteiger partial charge in [0.2, 0.25) is 0 Å². The first-order valence-corrected chi connectivity index (χ1v) is 7.08.